The van der Waals surface area contributed by atoms with Crippen molar-refractivity contribution in [3.63, 3.8) is 0 Å². The number of halogens is 3. The van der Waals surface area contributed by atoms with Gasteiger partial charge in [-0.1, -0.05) is 5.16 Å². The van der Waals surface area contributed by atoms with Crippen molar-refractivity contribution in [1.29, 1.82) is 0 Å². The number of oxime groups is 1. The van der Waals surface area contributed by atoms with Crippen molar-refractivity contribution in [2.75, 3.05) is 0 Å². The minimum atomic E-state index is -4.21. The summed E-state index contributed by atoms with van der Waals surface area (Å²) in [4.78, 5) is 0. The smallest absolute Gasteiger partial charge is 0.392 e. The number of hydrogen-bond donors (Lipinski definition) is 2. The van der Waals surface area contributed by atoms with Crippen molar-refractivity contribution in [3.05, 3.63) is 0 Å². The second kappa shape index (κ2) is 2.28. The van der Waals surface area contributed by atoms with Crippen molar-refractivity contribution < 1.29 is 18.4 Å². The molecule has 0 amide bonds. The molecule has 0 aromatic heterocycles. The van der Waals surface area contributed by atoms with Crippen LogP contribution in [0.5, 0.6) is 0 Å². The van der Waals surface area contributed by atoms with E-state index in [9.17, 15) is 13.2 Å². The van der Waals surface area contributed by atoms with Crippen LogP contribution in [-0.4, -0.2) is 17.2 Å². The lowest BCUT2D eigenvalue weighted by Crippen LogP contribution is -2.20. The second-order valence-corrected chi connectivity index (χ2v) is 2.52. The standard InChI is InChI=1S/C5H7F3N2O/c6-5(7,8)3-1-2(3)4(9)10-11/h2-3,11H,1H2,(H2,9,10). The van der Waals surface area contributed by atoms with Crippen LogP contribution < -0.4 is 5.73 Å². The summed E-state index contributed by atoms with van der Waals surface area (Å²) in [6, 6.07) is 0. The molecule has 3 nitrogen and oxygen atoms in total. The Kier molecular flexibility index (Phi) is 1.69. The van der Waals surface area contributed by atoms with Crippen molar-refractivity contribution in [2.45, 2.75) is 12.6 Å². The van der Waals surface area contributed by atoms with Gasteiger partial charge in [0.1, 0.15) is 5.84 Å². The molecule has 0 spiro atoms. The summed E-state index contributed by atoms with van der Waals surface area (Å²) in [7, 11) is 0. The van der Waals surface area contributed by atoms with Gasteiger partial charge >= 0.3 is 6.18 Å². The lowest BCUT2D eigenvalue weighted by Gasteiger charge is -2.03. The summed E-state index contributed by atoms with van der Waals surface area (Å²) in [5.41, 5.74) is 4.97. The minimum absolute atomic E-state index is 0.0562. The average Bonchev–Trinajstić information content (AvgIpc) is 2.62. The monoisotopic (exact) mass is 168 g/mol. The van der Waals surface area contributed by atoms with Crippen LogP contribution in [0, 0.1) is 11.8 Å². The number of alkyl halides is 3. The molecule has 1 aliphatic carbocycles. The van der Waals surface area contributed by atoms with Gasteiger partial charge in [-0.2, -0.15) is 13.2 Å². The molecule has 0 heterocycles. The van der Waals surface area contributed by atoms with Gasteiger partial charge in [-0.05, 0) is 6.42 Å². The molecular weight excluding hydrogens is 161 g/mol. The van der Waals surface area contributed by atoms with Crippen LogP contribution in [0.15, 0.2) is 5.16 Å². The molecule has 2 unspecified atom stereocenters. The third-order valence-corrected chi connectivity index (χ3v) is 1.71. The molecule has 0 saturated heterocycles. The van der Waals surface area contributed by atoms with Crippen LogP contribution >= 0.6 is 0 Å². The molecule has 2 atom stereocenters. The Balaban J connectivity index is 2.50. The van der Waals surface area contributed by atoms with E-state index in [0.717, 1.165) is 0 Å². The number of hydrogen-bond acceptors (Lipinski definition) is 2. The maximum atomic E-state index is 11.8. The van der Waals surface area contributed by atoms with Gasteiger partial charge < -0.3 is 10.9 Å². The van der Waals surface area contributed by atoms with Crippen molar-refractivity contribution in [3.8, 4) is 0 Å². The third kappa shape index (κ3) is 1.55. The molecule has 0 aliphatic heterocycles. The summed E-state index contributed by atoms with van der Waals surface area (Å²) in [5.74, 6) is -2.54. The summed E-state index contributed by atoms with van der Waals surface area (Å²) in [6.45, 7) is 0. The lowest BCUT2D eigenvalue weighted by atomic mass is 10.3. The Morgan fingerprint density at radius 1 is 1.55 bits per heavy atom. The third-order valence-electron chi connectivity index (χ3n) is 1.71. The van der Waals surface area contributed by atoms with Crippen LogP contribution in [0.2, 0.25) is 0 Å². The first-order valence-electron chi connectivity index (χ1n) is 3.01. The molecule has 1 saturated carbocycles. The van der Waals surface area contributed by atoms with Crippen LogP contribution in [0.3, 0.4) is 0 Å². The highest BCUT2D eigenvalue weighted by Gasteiger charge is 2.57. The van der Waals surface area contributed by atoms with E-state index < -0.39 is 18.0 Å². The molecule has 3 N–H and O–H groups in total. The number of rotatable bonds is 1. The molecular formula is C5H7F3N2O. The number of nitrogens with two attached hydrogens (primary N) is 1. The topological polar surface area (TPSA) is 58.6 Å². The summed E-state index contributed by atoms with van der Waals surface area (Å²) in [5, 5.41) is 10.5. The number of nitrogens with zero attached hydrogens (tertiary/aromatic N) is 1. The number of amidine groups is 1. The molecule has 0 aromatic rings. The quantitative estimate of drug-likeness (QED) is 0.265. The Bertz CT molecular complexity index is 189. The Morgan fingerprint density at radius 2 is 2.09 bits per heavy atom. The van der Waals surface area contributed by atoms with Gasteiger partial charge in [-0.15, -0.1) is 0 Å². The molecule has 1 fully saturated rings. The van der Waals surface area contributed by atoms with E-state index in [2.05, 4.69) is 5.16 Å². The second-order valence-electron chi connectivity index (χ2n) is 2.52. The molecule has 1 rings (SSSR count). The molecule has 6 heteroatoms. The maximum absolute atomic E-state index is 11.8. The highest BCUT2D eigenvalue weighted by molar-refractivity contribution is 5.85. The van der Waals surface area contributed by atoms with Gasteiger partial charge in [0.05, 0.1) is 5.92 Å². The Labute approximate surface area is 60.7 Å². The first-order chi connectivity index (χ1) is 4.96. The molecule has 1 aliphatic rings. The Morgan fingerprint density at radius 3 is 2.36 bits per heavy atom. The normalized spacial score (nSPS) is 32.1. The largest absolute Gasteiger partial charge is 0.409 e. The fourth-order valence-corrected chi connectivity index (χ4v) is 0.958. The van der Waals surface area contributed by atoms with Crippen molar-refractivity contribution in [1.82, 2.24) is 0 Å². The van der Waals surface area contributed by atoms with Crippen LogP contribution in [0.25, 0.3) is 0 Å². The average molecular weight is 168 g/mol. The summed E-state index contributed by atoms with van der Waals surface area (Å²) < 4.78 is 35.4. The first kappa shape index (κ1) is 8.16. The zero-order chi connectivity index (χ0) is 8.65. The van der Waals surface area contributed by atoms with E-state index in [-0.39, 0.29) is 12.3 Å². The summed E-state index contributed by atoms with van der Waals surface area (Å²) in [6.07, 6.45) is -4.26. The van der Waals surface area contributed by atoms with Gasteiger partial charge in [0.15, 0.2) is 0 Å². The molecule has 0 radical (unpaired) electrons. The van der Waals surface area contributed by atoms with E-state index in [1.807, 2.05) is 0 Å². The van der Waals surface area contributed by atoms with E-state index in [0.29, 0.717) is 0 Å². The fraction of sp³-hybridized carbons (Fsp3) is 0.800. The SMILES string of the molecule is N/C(=N\O)C1CC1C(F)(F)F. The summed E-state index contributed by atoms with van der Waals surface area (Å²) >= 11 is 0. The zero-order valence-corrected chi connectivity index (χ0v) is 5.47. The maximum Gasteiger partial charge on any atom is 0.392 e. The minimum Gasteiger partial charge on any atom is -0.409 e. The highest BCUT2D eigenvalue weighted by Crippen LogP contribution is 2.49. The van der Waals surface area contributed by atoms with Crippen LogP contribution in [0.1, 0.15) is 6.42 Å². The highest BCUT2D eigenvalue weighted by atomic mass is 19.4. The van der Waals surface area contributed by atoms with Crippen LogP contribution in [0.4, 0.5) is 13.2 Å². The van der Waals surface area contributed by atoms with E-state index >= 15 is 0 Å². The molecule has 11 heavy (non-hydrogen) atoms. The van der Waals surface area contributed by atoms with Gasteiger partial charge in [0.2, 0.25) is 0 Å². The Hall–Kier alpha value is -0.940. The lowest BCUT2D eigenvalue weighted by molar-refractivity contribution is -0.149. The van der Waals surface area contributed by atoms with Gasteiger partial charge in [-0.25, -0.2) is 0 Å². The van der Waals surface area contributed by atoms with Crippen molar-refractivity contribution in [2.24, 2.45) is 22.7 Å². The van der Waals surface area contributed by atoms with E-state index in [1.54, 1.807) is 0 Å². The van der Waals surface area contributed by atoms with E-state index in [1.165, 1.54) is 0 Å². The predicted molar refractivity (Wildman–Crippen MR) is 31.1 cm³/mol. The zero-order valence-electron chi connectivity index (χ0n) is 5.47. The van der Waals surface area contributed by atoms with Gasteiger partial charge in [-0.3, -0.25) is 0 Å². The molecule has 0 bridgehead atoms. The van der Waals surface area contributed by atoms with Crippen molar-refractivity contribution >= 4 is 5.84 Å². The van der Waals surface area contributed by atoms with E-state index in [4.69, 9.17) is 10.9 Å². The molecule has 64 valence electrons. The molecule has 0 aromatic carbocycles. The van der Waals surface area contributed by atoms with Gasteiger partial charge in [0, 0.05) is 5.92 Å². The fourth-order valence-electron chi connectivity index (χ4n) is 0.958. The first-order valence-corrected chi connectivity index (χ1v) is 3.01. The predicted octanol–water partition coefficient (Wildman–Crippen LogP) is 0.931. The van der Waals surface area contributed by atoms with Crippen LogP contribution in [-0.2, 0) is 0 Å². The van der Waals surface area contributed by atoms with Gasteiger partial charge in [0.25, 0.3) is 0 Å².